The van der Waals surface area contributed by atoms with Gasteiger partial charge in [-0.1, -0.05) is 77.9 Å². The largest absolute Gasteiger partial charge is 0.256 e. The molecule has 0 spiro atoms. The van der Waals surface area contributed by atoms with Crippen molar-refractivity contribution in [1.82, 2.24) is 15.0 Å². The van der Waals surface area contributed by atoms with E-state index in [-0.39, 0.29) is 0 Å². The third kappa shape index (κ3) is 3.92. The minimum atomic E-state index is 0.302. The Morgan fingerprint density at radius 2 is 1.26 bits per heavy atom. The average molecular weight is 360 g/mol. The lowest BCUT2D eigenvalue weighted by Gasteiger charge is -2.22. The Morgan fingerprint density at radius 3 is 1.78 bits per heavy atom. The molecular formula is C24H29N3. The summed E-state index contributed by atoms with van der Waals surface area (Å²) in [5, 5.41) is 0. The van der Waals surface area contributed by atoms with Crippen LogP contribution in [0.2, 0.25) is 0 Å². The summed E-state index contributed by atoms with van der Waals surface area (Å²) in [6.45, 7) is 13.1. The zero-order valence-electron chi connectivity index (χ0n) is 17.2. The van der Waals surface area contributed by atoms with Crippen molar-refractivity contribution in [3.8, 4) is 22.4 Å². The minimum Gasteiger partial charge on any atom is -0.256 e. The van der Waals surface area contributed by atoms with Crippen LogP contribution in [0.25, 0.3) is 22.4 Å². The van der Waals surface area contributed by atoms with Gasteiger partial charge in [0.15, 0.2) is 0 Å². The van der Waals surface area contributed by atoms with Gasteiger partial charge in [-0.25, -0.2) is 9.97 Å². The summed E-state index contributed by atoms with van der Waals surface area (Å²) in [5.74, 6) is 1.84. The second-order valence-corrected chi connectivity index (χ2v) is 7.96. The van der Waals surface area contributed by atoms with Crippen LogP contribution in [-0.4, -0.2) is 15.0 Å². The van der Waals surface area contributed by atoms with Crippen LogP contribution in [0.3, 0.4) is 0 Å². The Balaban J connectivity index is 2.35. The van der Waals surface area contributed by atoms with Crippen LogP contribution in [0.15, 0.2) is 48.7 Å². The second kappa shape index (κ2) is 7.99. The lowest BCUT2D eigenvalue weighted by molar-refractivity contribution is 0.698. The molecule has 2 aromatic heterocycles. The molecule has 3 rings (SSSR count). The fourth-order valence-electron chi connectivity index (χ4n) is 3.32. The Hall–Kier alpha value is -2.55. The molecule has 0 fully saturated rings. The van der Waals surface area contributed by atoms with E-state index in [1.807, 2.05) is 18.3 Å². The predicted octanol–water partition coefficient (Wildman–Crippen LogP) is 6.58. The molecule has 2 heterocycles. The van der Waals surface area contributed by atoms with E-state index in [1.54, 1.807) is 0 Å². The van der Waals surface area contributed by atoms with Gasteiger partial charge >= 0.3 is 0 Å². The van der Waals surface area contributed by atoms with Crippen LogP contribution >= 0.6 is 0 Å². The first-order valence-electron chi connectivity index (χ1n) is 9.82. The lowest BCUT2D eigenvalue weighted by atomic mass is 9.89. The summed E-state index contributed by atoms with van der Waals surface area (Å²) < 4.78 is 0. The third-order valence-electron chi connectivity index (χ3n) is 4.72. The van der Waals surface area contributed by atoms with E-state index in [1.165, 1.54) is 0 Å². The van der Waals surface area contributed by atoms with E-state index in [0.717, 1.165) is 39.6 Å². The van der Waals surface area contributed by atoms with Gasteiger partial charge in [0.2, 0.25) is 0 Å². The first-order chi connectivity index (χ1) is 12.9. The molecule has 3 aromatic rings. The van der Waals surface area contributed by atoms with Gasteiger partial charge < -0.3 is 0 Å². The number of hydrogen-bond acceptors (Lipinski definition) is 3. The van der Waals surface area contributed by atoms with Crippen molar-refractivity contribution < 1.29 is 0 Å². The van der Waals surface area contributed by atoms with Gasteiger partial charge in [0.1, 0.15) is 5.82 Å². The van der Waals surface area contributed by atoms with Crippen LogP contribution < -0.4 is 0 Å². The maximum atomic E-state index is 4.99. The topological polar surface area (TPSA) is 38.7 Å². The quantitative estimate of drug-likeness (QED) is 0.517. The van der Waals surface area contributed by atoms with Gasteiger partial charge in [0.25, 0.3) is 0 Å². The highest BCUT2D eigenvalue weighted by atomic mass is 14.9. The summed E-state index contributed by atoms with van der Waals surface area (Å²) in [7, 11) is 0. The molecule has 0 bridgehead atoms. The van der Waals surface area contributed by atoms with Gasteiger partial charge in [-0.05, 0) is 17.9 Å². The summed E-state index contributed by atoms with van der Waals surface area (Å²) >= 11 is 0. The lowest BCUT2D eigenvalue weighted by Crippen LogP contribution is -2.11. The average Bonchev–Trinajstić information content (AvgIpc) is 2.67. The monoisotopic (exact) mass is 359 g/mol. The van der Waals surface area contributed by atoms with Crippen molar-refractivity contribution >= 4 is 0 Å². The summed E-state index contributed by atoms with van der Waals surface area (Å²) in [6, 6.07) is 14.5. The first-order valence-corrected chi connectivity index (χ1v) is 9.82. The van der Waals surface area contributed by atoms with Gasteiger partial charge in [-0.2, -0.15) is 0 Å². The zero-order chi connectivity index (χ0) is 19.6. The van der Waals surface area contributed by atoms with Crippen molar-refractivity contribution in [2.45, 2.75) is 59.3 Å². The van der Waals surface area contributed by atoms with Crippen LogP contribution in [-0.2, 0) is 0 Å². The molecule has 0 amide bonds. The van der Waals surface area contributed by atoms with E-state index in [4.69, 9.17) is 15.0 Å². The Bertz CT molecular complexity index is 883. The second-order valence-electron chi connectivity index (χ2n) is 7.96. The molecule has 0 atom stereocenters. The van der Waals surface area contributed by atoms with Crippen LogP contribution in [0, 0.1) is 0 Å². The number of hydrogen-bond donors (Lipinski definition) is 0. The number of nitrogens with zero attached hydrogens (tertiary/aromatic N) is 3. The highest BCUT2D eigenvalue weighted by Crippen LogP contribution is 2.39. The van der Waals surface area contributed by atoms with E-state index in [2.05, 4.69) is 71.9 Å². The molecular weight excluding hydrogens is 330 g/mol. The molecule has 0 saturated carbocycles. The van der Waals surface area contributed by atoms with E-state index < -0.39 is 0 Å². The standard InChI is InChI=1S/C24H29N3/c1-15(2)21-20(22(16(3)4)27-24(26-21)17(5)6)19-13-10-14-25-23(19)18-11-8-7-9-12-18/h7-17H,1-6H3. The Kier molecular flexibility index (Phi) is 5.69. The molecule has 0 radical (unpaired) electrons. The maximum absolute atomic E-state index is 4.99. The molecule has 1 aromatic carbocycles. The third-order valence-corrected chi connectivity index (χ3v) is 4.72. The summed E-state index contributed by atoms with van der Waals surface area (Å²) in [4.78, 5) is 14.7. The molecule has 27 heavy (non-hydrogen) atoms. The molecule has 0 aliphatic carbocycles. The fraction of sp³-hybridized carbons (Fsp3) is 0.375. The van der Waals surface area contributed by atoms with E-state index in [0.29, 0.717) is 17.8 Å². The number of aromatic nitrogens is 3. The minimum absolute atomic E-state index is 0.302. The normalized spacial score (nSPS) is 11.6. The number of benzene rings is 1. The van der Waals surface area contributed by atoms with Crippen molar-refractivity contribution in [3.05, 3.63) is 65.9 Å². The summed E-state index contributed by atoms with van der Waals surface area (Å²) in [5.41, 5.74) is 6.60. The molecule has 0 aliphatic heterocycles. The molecule has 3 heteroatoms. The molecule has 0 unspecified atom stereocenters. The van der Waals surface area contributed by atoms with Gasteiger partial charge in [-0.3, -0.25) is 4.98 Å². The molecule has 3 nitrogen and oxygen atoms in total. The van der Waals surface area contributed by atoms with Crippen LogP contribution in [0.5, 0.6) is 0 Å². The van der Waals surface area contributed by atoms with Gasteiger partial charge in [0.05, 0.1) is 17.1 Å². The van der Waals surface area contributed by atoms with Crippen LogP contribution in [0.4, 0.5) is 0 Å². The Morgan fingerprint density at radius 1 is 0.667 bits per heavy atom. The number of rotatable bonds is 5. The SMILES string of the molecule is CC(C)c1nc(C(C)C)c(-c2cccnc2-c2ccccc2)c(C(C)C)n1. The molecule has 0 saturated heterocycles. The Labute approximate surface area is 162 Å². The molecule has 0 aliphatic rings. The van der Waals surface area contributed by atoms with Crippen molar-refractivity contribution in [1.29, 1.82) is 0 Å². The van der Waals surface area contributed by atoms with Gasteiger partial charge in [0, 0.05) is 28.8 Å². The van der Waals surface area contributed by atoms with Crippen molar-refractivity contribution in [2.75, 3.05) is 0 Å². The fourth-order valence-corrected chi connectivity index (χ4v) is 3.32. The van der Waals surface area contributed by atoms with Crippen LogP contribution in [0.1, 0.15) is 76.5 Å². The maximum Gasteiger partial charge on any atom is 0.131 e. The molecule has 140 valence electrons. The number of pyridine rings is 1. The van der Waals surface area contributed by atoms with Gasteiger partial charge in [-0.15, -0.1) is 0 Å². The smallest absolute Gasteiger partial charge is 0.131 e. The predicted molar refractivity (Wildman–Crippen MR) is 113 cm³/mol. The first kappa shape index (κ1) is 19.2. The van der Waals surface area contributed by atoms with E-state index in [9.17, 15) is 0 Å². The van der Waals surface area contributed by atoms with Crippen molar-refractivity contribution in [3.63, 3.8) is 0 Å². The zero-order valence-corrected chi connectivity index (χ0v) is 17.2. The van der Waals surface area contributed by atoms with Crippen molar-refractivity contribution in [2.24, 2.45) is 0 Å². The summed E-state index contributed by atoms with van der Waals surface area (Å²) in [6.07, 6.45) is 1.86. The highest BCUT2D eigenvalue weighted by Gasteiger charge is 2.23. The molecule has 0 N–H and O–H groups in total. The highest BCUT2D eigenvalue weighted by molar-refractivity contribution is 5.83. The van der Waals surface area contributed by atoms with E-state index >= 15 is 0 Å².